The number of carbonyl (C=O) groups excluding carboxylic acids is 1. The van der Waals surface area contributed by atoms with Gasteiger partial charge in [-0.1, -0.05) is 44.9 Å². The van der Waals surface area contributed by atoms with Crippen LogP contribution in [0.15, 0.2) is 45.7 Å². The third-order valence-electron chi connectivity index (χ3n) is 5.67. The molecule has 1 fully saturated rings. The molecule has 1 aliphatic carbocycles. The molecule has 1 N–H and O–H groups in total. The maximum absolute atomic E-state index is 12.6. The second-order valence-electron chi connectivity index (χ2n) is 7.64. The van der Waals surface area contributed by atoms with Gasteiger partial charge in [0, 0.05) is 6.04 Å². The van der Waals surface area contributed by atoms with Crippen molar-refractivity contribution >= 4 is 15.7 Å². The first-order valence-electron chi connectivity index (χ1n) is 9.46. The Morgan fingerprint density at radius 2 is 1.89 bits per heavy atom. The summed E-state index contributed by atoms with van der Waals surface area (Å²) in [7, 11) is -3.53. The molecule has 1 aliphatic rings. The highest BCUT2D eigenvalue weighted by atomic mass is 32.2. The van der Waals surface area contributed by atoms with E-state index in [0.29, 0.717) is 17.4 Å². The van der Waals surface area contributed by atoms with Crippen LogP contribution >= 0.6 is 0 Å². The minimum Gasteiger partial charge on any atom is -0.455 e. The lowest BCUT2D eigenvalue weighted by molar-refractivity contribution is 0.0861. The van der Waals surface area contributed by atoms with Gasteiger partial charge in [0.15, 0.2) is 15.6 Å². The van der Waals surface area contributed by atoms with Crippen LogP contribution in [0.2, 0.25) is 0 Å². The molecule has 0 bridgehead atoms. The second-order valence-corrected chi connectivity index (χ2v) is 9.60. The van der Waals surface area contributed by atoms with Crippen molar-refractivity contribution in [1.29, 1.82) is 0 Å². The van der Waals surface area contributed by atoms with Crippen LogP contribution < -0.4 is 5.32 Å². The standard InChI is InChI=1S/C21H27NO4S/c1-14-8-6-9-18(16(14)3)22-21(23)19-12-11-17(26-19)13-27(24,25)20-10-5-4-7-15(20)2/h4-5,7,10-12,14,16,18H,6,8-9,13H2,1-3H3,(H,22,23). The highest BCUT2D eigenvalue weighted by molar-refractivity contribution is 7.90. The molecule has 146 valence electrons. The van der Waals surface area contributed by atoms with Crippen molar-refractivity contribution < 1.29 is 17.6 Å². The number of nitrogens with one attached hydrogen (secondary N) is 1. The number of hydrogen-bond acceptors (Lipinski definition) is 4. The van der Waals surface area contributed by atoms with Crippen LogP contribution in [-0.2, 0) is 15.6 Å². The Morgan fingerprint density at radius 1 is 1.15 bits per heavy atom. The summed E-state index contributed by atoms with van der Waals surface area (Å²) in [6.45, 7) is 6.14. The number of amides is 1. The zero-order chi connectivity index (χ0) is 19.6. The van der Waals surface area contributed by atoms with E-state index in [4.69, 9.17) is 4.42 Å². The number of hydrogen-bond donors (Lipinski definition) is 1. The average Bonchev–Trinajstić information content (AvgIpc) is 3.07. The molecule has 0 spiro atoms. The molecule has 1 saturated carbocycles. The first-order valence-corrected chi connectivity index (χ1v) is 11.1. The molecule has 6 heteroatoms. The largest absolute Gasteiger partial charge is 0.455 e. The van der Waals surface area contributed by atoms with E-state index in [1.807, 2.05) is 0 Å². The number of aryl methyl sites for hydroxylation is 1. The topological polar surface area (TPSA) is 76.4 Å². The quantitative estimate of drug-likeness (QED) is 0.835. The van der Waals surface area contributed by atoms with E-state index in [2.05, 4.69) is 19.2 Å². The molecular formula is C21H27NO4S. The number of sulfone groups is 1. The van der Waals surface area contributed by atoms with Crippen LogP contribution in [0.5, 0.6) is 0 Å². The molecule has 0 aliphatic heterocycles. The summed E-state index contributed by atoms with van der Waals surface area (Å²) in [6.07, 6.45) is 3.26. The van der Waals surface area contributed by atoms with Gasteiger partial charge < -0.3 is 9.73 Å². The van der Waals surface area contributed by atoms with Crippen LogP contribution in [0.4, 0.5) is 0 Å². The summed E-state index contributed by atoms with van der Waals surface area (Å²) in [5.74, 6) is 0.889. The van der Waals surface area contributed by atoms with Gasteiger partial charge in [0.05, 0.1) is 4.90 Å². The Kier molecular flexibility index (Phi) is 5.75. The number of furan rings is 1. The molecular weight excluding hydrogens is 362 g/mol. The fourth-order valence-corrected chi connectivity index (χ4v) is 5.30. The smallest absolute Gasteiger partial charge is 0.287 e. The van der Waals surface area contributed by atoms with Gasteiger partial charge in [-0.25, -0.2) is 8.42 Å². The minimum absolute atomic E-state index is 0.130. The molecule has 27 heavy (non-hydrogen) atoms. The highest BCUT2D eigenvalue weighted by Crippen LogP contribution is 2.30. The van der Waals surface area contributed by atoms with Gasteiger partial charge in [-0.2, -0.15) is 0 Å². The van der Waals surface area contributed by atoms with Crippen LogP contribution in [0.3, 0.4) is 0 Å². The van der Waals surface area contributed by atoms with Crippen molar-refractivity contribution in [1.82, 2.24) is 5.32 Å². The molecule has 3 unspecified atom stereocenters. The molecule has 0 saturated heterocycles. The fourth-order valence-electron chi connectivity index (χ4n) is 3.77. The van der Waals surface area contributed by atoms with Gasteiger partial charge in [-0.05, 0) is 48.9 Å². The zero-order valence-corrected chi connectivity index (χ0v) is 16.9. The minimum atomic E-state index is -3.53. The van der Waals surface area contributed by atoms with Crippen molar-refractivity contribution in [3.05, 3.63) is 53.5 Å². The van der Waals surface area contributed by atoms with Gasteiger partial charge in [-0.15, -0.1) is 0 Å². The maximum atomic E-state index is 12.6. The van der Waals surface area contributed by atoms with E-state index in [1.165, 1.54) is 6.42 Å². The molecule has 5 nitrogen and oxygen atoms in total. The molecule has 0 radical (unpaired) electrons. The Balaban J connectivity index is 1.69. The summed E-state index contributed by atoms with van der Waals surface area (Å²) >= 11 is 0. The van der Waals surface area contributed by atoms with E-state index >= 15 is 0 Å². The van der Waals surface area contributed by atoms with Gasteiger partial charge >= 0.3 is 0 Å². The summed E-state index contributed by atoms with van der Waals surface area (Å²) in [6, 6.07) is 10.1. The molecule has 3 rings (SSSR count). The Bertz CT molecular complexity index is 916. The second kappa shape index (κ2) is 7.89. The van der Waals surface area contributed by atoms with Gasteiger partial charge in [0.1, 0.15) is 11.5 Å². The SMILES string of the molecule is Cc1ccccc1S(=O)(=O)Cc1ccc(C(=O)NC2CCCC(C)C2C)o1. The highest BCUT2D eigenvalue weighted by Gasteiger charge is 2.29. The normalized spacial score (nSPS) is 23.1. The third kappa shape index (κ3) is 4.43. The van der Waals surface area contributed by atoms with Gasteiger partial charge in [0.25, 0.3) is 5.91 Å². The van der Waals surface area contributed by atoms with E-state index in [-0.39, 0.29) is 34.1 Å². The summed E-state index contributed by atoms with van der Waals surface area (Å²) in [5.41, 5.74) is 0.697. The Hall–Kier alpha value is -2.08. The number of benzene rings is 1. The summed E-state index contributed by atoms with van der Waals surface area (Å²) in [4.78, 5) is 12.8. The molecule has 1 heterocycles. The predicted molar refractivity (Wildman–Crippen MR) is 104 cm³/mol. The van der Waals surface area contributed by atoms with Crippen molar-refractivity contribution in [3.8, 4) is 0 Å². The molecule has 1 aromatic carbocycles. The van der Waals surface area contributed by atoms with E-state index in [1.54, 1.807) is 43.3 Å². The average molecular weight is 390 g/mol. The molecule has 3 atom stereocenters. The lowest BCUT2D eigenvalue weighted by Gasteiger charge is -2.34. The predicted octanol–water partition coefficient (Wildman–Crippen LogP) is 4.12. The Morgan fingerprint density at radius 3 is 2.63 bits per heavy atom. The Labute approximate surface area is 161 Å². The zero-order valence-electron chi connectivity index (χ0n) is 16.1. The van der Waals surface area contributed by atoms with E-state index in [0.717, 1.165) is 12.8 Å². The lowest BCUT2D eigenvalue weighted by atomic mass is 9.78. The first kappa shape index (κ1) is 19.7. The molecule has 1 aromatic heterocycles. The monoisotopic (exact) mass is 389 g/mol. The van der Waals surface area contributed by atoms with E-state index in [9.17, 15) is 13.2 Å². The number of carbonyl (C=O) groups is 1. The lowest BCUT2D eigenvalue weighted by Crippen LogP contribution is -2.43. The first-order chi connectivity index (χ1) is 12.8. The fraction of sp³-hybridized carbons (Fsp3) is 0.476. The molecule has 2 aromatic rings. The van der Waals surface area contributed by atoms with Crippen molar-refractivity contribution in [2.24, 2.45) is 11.8 Å². The van der Waals surface area contributed by atoms with Crippen LogP contribution in [0, 0.1) is 18.8 Å². The number of rotatable bonds is 5. The van der Waals surface area contributed by atoms with Crippen LogP contribution in [-0.4, -0.2) is 20.4 Å². The van der Waals surface area contributed by atoms with Crippen molar-refractivity contribution in [2.45, 2.75) is 56.7 Å². The third-order valence-corrected chi connectivity index (χ3v) is 7.46. The van der Waals surface area contributed by atoms with E-state index < -0.39 is 9.84 Å². The van der Waals surface area contributed by atoms with Crippen LogP contribution in [0.25, 0.3) is 0 Å². The summed E-state index contributed by atoms with van der Waals surface area (Å²) < 4.78 is 30.8. The van der Waals surface area contributed by atoms with Crippen molar-refractivity contribution in [2.75, 3.05) is 0 Å². The van der Waals surface area contributed by atoms with Crippen molar-refractivity contribution in [3.63, 3.8) is 0 Å². The summed E-state index contributed by atoms with van der Waals surface area (Å²) in [5, 5.41) is 3.05. The molecule has 1 amide bonds. The van der Waals surface area contributed by atoms with Gasteiger partial charge in [0.2, 0.25) is 0 Å². The maximum Gasteiger partial charge on any atom is 0.287 e. The van der Waals surface area contributed by atoms with Crippen LogP contribution in [0.1, 0.15) is 55.0 Å². The van der Waals surface area contributed by atoms with Gasteiger partial charge in [-0.3, -0.25) is 4.79 Å².